The van der Waals surface area contributed by atoms with Crippen molar-refractivity contribution < 1.29 is 4.79 Å². The van der Waals surface area contributed by atoms with Crippen molar-refractivity contribution in [1.82, 2.24) is 10.3 Å². The Balaban J connectivity index is 2.51. The molecule has 2 aromatic heterocycles. The quantitative estimate of drug-likeness (QED) is 0.752. The molecule has 2 rings (SSSR count). The highest BCUT2D eigenvalue weighted by atomic mass is 35.5. The number of amides is 1. The number of hydrogen-bond donors (Lipinski definition) is 2. The van der Waals surface area contributed by atoms with E-state index in [0.29, 0.717) is 5.69 Å². The molecule has 2 heterocycles. The molecule has 3 nitrogen and oxygen atoms in total. The fourth-order valence-electron chi connectivity index (χ4n) is 1.15. The van der Waals surface area contributed by atoms with Crippen LogP contribution in [0.1, 0.15) is 10.5 Å². The van der Waals surface area contributed by atoms with Gasteiger partial charge < -0.3 is 10.3 Å². The van der Waals surface area contributed by atoms with E-state index in [2.05, 4.69) is 10.3 Å². The second-order valence-electron chi connectivity index (χ2n) is 2.60. The average molecular weight is 215 g/mol. The van der Waals surface area contributed by atoms with Crippen LogP contribution in [-0.4, -0.2) is 17.9 Å². The Kier molecular flexibility index (Phi) is 2.01. The first-order chi connectivity index (χ1) is 6.20. The molecule has 5 heteroatoms. The van der Waals surface area contributed by atoms with E-state index in [1.165, 1.54) is 11.3 Å². The summed E-state index contributed by atoms with van der Waals surface area (Å²) in [6.07, 6.45) is 0. The van der Waals surface area contributed by atoms with Crippen molar-refractivity contribution in [3.8, 4) is 0 Å². The minimum absolute atomic E-state index is 0.112. The summed E-state index contributed by atoms with van der Waals surface area (Å²) in [4.78, 5) is 15.1. The van der Waals surface area contributed by atoms with Crippen molar-refractivity contribution in [2.45, 2.75) is 0 Å². The lowest BCUT2D eigenvalue weighted by Crippen LogP contribution is -2.17. The highest BCUT2D eigenvalue weighted by Gasteiger charge is 2.09. The van der Waals surface area contributed by atoms with Crippen LogP contribution in [0.15, 0.2) is 12.1 Å². The number of fused-ring (bicyclic) bond motifs is 1. The van der Waals surface area contributed by atoms with Crippen molar-refractivity contribution in [2.75, 3.05) is 7.05 Å². The summed E-state index contributed by atoms with van der Waals surface area (Å²) < 4.78 is 0.727. The molecule has 0 atom stereocenters. The van der Waals surface area contributed by atoms with E-state index >= 15 is 0 Å². The van der Waals surface area contributed by atoms with E-state index in [1.807, 2.05) is 6.07 Å². The Hall–Kier alpha value is -1.00. The average Bonchev–Trinajstić information content (AvgIpc) is 2.59. The summed E-state index contributed by atoms with van der Waals surface area (Å²) in [5.41, 5.74) is 0.570. The summed E-state index contributed by atoms with van der Waals surface area (Å²) in [5.74, 6) is -0.112. The Labute approximate surface area is 83.7 Å². The molecule has 0 fully saturated rings. The lowest BCUT2D eigenvalue weighted by molar-refractivity contribution is 0.0959. The molecular weight excluding hydrogens is 208 g/mol. The van der Waals surface area contributed by atoms with Gasteiger partial charge in [-0.25, -0.2) is 0 Å². The van der Waals surface area contributed by atoms with Crippen LogP contribution >= 0.6 is 22.9 Å². The Morgan fingerprint density at radius 1 is 1.62 bits per heavy atom. The summed E-state index contributed by atoms with van der Waals surface area (Å²) in [6, 6.07) is 3.63. The number of H-pyrrole nitrogens is 1. The standard InChI is InChI=1S/C8H7ClN2OS/c1-10-7(12)5-2-4-3-6(9)13-8(4)11-5/h2-3,11H,1H3,(H,10,12). The van der Waals surface area contributed by atoms with Gasteiger partial charge in [-0.15, -0.1) is 11.3 Å². The van der Waals surface area contributed by atoms with E-state index in [1.54, 1.807) is 13.1 Å². The van der Waals surface area contributed by atoms with Crippen LogP contribution in [0.25, 0.3) is 10.2 Å². The van der Waals surface area contributed by atoms with E-state index in [0.717, 1.165) is 14.6 Å². The number of rotatable bonds is 1. The first-order valence-electron chi connectivity index (χ1n) is 3.71. The molecule has 1 amide bonds. The number of halogens is 1. The SMILES string of the molecule is CNC(=O)c1cc2cc(Cl)sc2[nH]1. The summed E-state index contributed by atoms with van der Waals surface area (Å²) >= 11 is 7.22. The van der Waals surface area contributed by atoms with Crippen molar-refractivity contribution in [2.24, 2.45) is 0 Å². The molecule has 0 radical (unpaired) electrons. The molecule has 0 spiro atoms. The highest BCUT2D eigenvalue weighted by Crippen LogP contribution is 2.29. The number of carbonyl (C=O) groups is 1. The number of aromatic nitrogens is 1. The predicted octanol–water partition coefficient (Wildman–Crippen LogP) is 2.24. The van der Waals surface area contributed by atoms with Gasteiger partial charge in [0.15, 0.2) is 0 Å². The van der Waals surface area contributed by atoms with E-state index in [-0.39, 0.29) is 5.91 Å². The maximum atomic E-state index is 11.2. The zero-order valence-corrected chi connectivity index (χ0v) is 8.42. The van der Waals surface area contributed by atoms with Gasteiger partial charge in [0.25, 0.3) is 5.91 Å². The van der Waals surface area contributed by atoms with Crippen molar-refractivity contribution in [3.05, 3.63) is 22.2 Å². The third-order valence-electron chi connectivity index (χ3n) is 1.75. The van der Waals surface area contributed by atoms with Gasteiger partial charge in [-0.2, -0.15) is 0 Å². The molecule has 68 valence electrons. The Morgan fingerprint density at radius 2 is 2.38 bits per heavy atom. The lowest BCUT2D eigenvalue weighted by Gasteiger charge is -1.92. The zero-order chi connectivity index (χ0) is 9.42. The van der Waals surface area contributed by atoms with Gasteiger partial charge in [0.05, 0.1) is 4.34 Å². The van der Waals surface area contributed by atoms with Crippen LogP contribution < -0.4 is 5.32 Å². The van der Waals surface area contributed by atoms with Crippen LogP contribution in [-0.2, 0) is 0 Å². The third-order valence-corrected chi connectivity index (χ3v) is 2.95. The van der Waals surface area contributed by atoms with Gasteiger partial charge in [-0.05, 0) is 12.1 Å². The maximum Gasteiger partial charge on any atom is 0.267 e. The largest absolute Gasteiger partial charge is 0.354 e. The minimum atomic E-state index is -0.112. The summed E-state index contributed by atoms with van der Waals surface area (Å²) in [5, 5.41) is 3.53. The zero-order valence-electron chi connectivity index (χ0n) is 6.85. The third kappa shape index (κ3) is 1.43. The molecule has 2 N–H and O–H groups in total. The number of hydrogen-bond acceptors (Lipinski definition) is 2. The summed E-state index contributed by atoms with van der Waals surface area (Å²) in [7, 11) is 1.60. The molecular formula is C8H7ClN2OS. The van der Waals surface area contributed by atoms with Gasteiger partial charge in [-0.3, -0.25) is 4.79 Å². The van der Waals surface area contributed by atoms with Gasteiger partial charge in [0.1, 0.15) is 10.5 Å². The minimum Gasteiger partial charge on any atom is -0.354 e. The van der Waals surface area contributed by atoms with Crippen LogP contribution in [0.4, 0.5) is 0 Å². The van der Waals surface area contributed by atoms with Crippen LogP contribution in [0.5, 0.6) is 0 Å². The van der Waals surface area contributed by atoms with Gasteiger partial charge >= 0.3 is 0 Å². The van der Waals surface area contributed by atoms with Crippen LogP contribution in [0.2, 0.25) is 4.34 Å². The molecule has 0 saturated carbocycles. The van der Waals surface area contributed by atoms with Crippen LogP contribution in [0.3, 0.4) is 0 Å². The van der Waals surface area contributed by atoms with E-state index < -0.39 is 0 Å². The normalized spacial score (nSPS) is 10.6. The van der Waals surface area contributed by atoms with E-state index in [4.69, 9.17) is 11.6 Å². The molecule has 0 aromatic carbocycles. The summed E-state index contributed by atoms with van der Waals surface area (Å²) in [6.45, 7) is 0. The van der Waals surface area contributed by atoms with Gasteiger partial charge in [-0.1, -0.05) is 11.6 Å². The predicted molar refractivity (Wildman–Crippen MR) is 54.6 cm³/mol. The first kappa shape index (κ1) is 8.59. The second kappa shape index (κ2) is 3.05. The lowest BCUT2D eigenvalue weighted by atomic mass is 10.3. The molecule has 0 aliphatic heterocycles. The fourth-order valence-corrected chi connectivity index (χ4v) is 2.28. The molecule has 0 aliphatic rings. The molecule has 0 saturated heterocycles. The number of thiophene rings is 1. The smallest absolute Gasteiger partial charge is 0.267 e. The number of nitrogens with one attached hydrogen (secondary N) is 2. The molecule has 0 unspecified atom stereocenters. The second-order valence-corrected chi connectivity index (χ2v) is 4.28. The maximum absolute atomic E-state index is 11.2. The topological polar surface area (TPSA) is 44.9 Å². The first-order valence-corrected chi connectivity index (χ1v) is 4.90. The van der Waals surface area contributed by atoms with Gasteiger partial charge in [0.2, 0.25) is 0 Å². The van der Waals surface area contributed by atoms with Gasteiger partial charge in [0, 0.05) is 12.4 Å². The van der Waals surface area contributed by atoms with E-state index in [9.17, 15) is 4.79 Å². The molecule has 2 aromatic rings. The number of aromatic amines is 1. The molecule has 13 heavy (non-hydrogen) atoms. The van der Waals surface area contributed by atoms with Crippen LogP contribution in [0, 0.1) is 0 Å². The van der Waals surface area contributed by atoms with Crippen molar-refractivity contribution in [1.29, 1.82) is 0 Å². The van der Waals surface area contributed by atoms with Crippen molar-refractivity contribution in [3.63, 3.8) is 0 Å². The Morgan fingerprint density at radius 3 is 3.00 bits per heavy atom. The molecule has 0 bridgehead atoms. The highest BCUT2D eigenvalue weighted by molar-refractivity contribution is 7.22. The monoisotopic (exact) mass is 214 g/mol. The van der Waals surface area contributed by atoms with Crippen molar-refractivity contribution >= 4 is 39.1 Å². The Bertz CT molecular complexity index is 428. The number of carbonyl (C=O) groups excluding carboxylic acids is 1. The molecule has 0 aliphatic carbocycles. The fraction of sp³-hybridized carbons (Fsp3) is 0.125.